The SMILES string of the molecule is CC(C)Oc1ccc(NC(=O)c2ccnc(NCc3ccncc3)n2)cc1. The fourth-order valence-corrected chi connectivity index (χ4v) is 2.34. The van der Waals surface area contributed by atoms with Crippen molar-refractivity contribution in [3.63, 3.8) is 0 Å². The van der Waals surface area contributed by atoms with E-state index in [9.17, 15) is 4.79 Å². The number of hydrogen-bond donors (Lipinski definition) is 2. The highest BCUT2D eigenvalue weighted by Gasteiger charge is 2.09. The summed E-state index contributed by atoms with van der Waals surface area (Å²) in [4.78, 5) is 24.8. The van der Waals surface area contributed by atoms with Crippen molar-refractivity contribution in [1.29, 1.82) is 0 Å². The Kier molecular flexibility index (Phi) is 5.94. The maximum absolute atomic E-state index is 12.4. The summed E-state index contributed by atoms with van der Waals surface area (Å²) >= 11 is 0. The first-order valence-electron chi connectivity index (χ1n) is 8.64. The van der Waals surface area contributed by atoms with Gasteiger partial charge >= 0.3 is 0 Å². The molecular weight excluding hydrogens is 342 g/mol. The van der Waals surface area contributed by atoms with Gasteiger partial charge in [0.05, 0.1) is 6.10 Å². The second-order valence-corrected chi connectivity index (χ2v) is 6.12. The average Bonchev–Trinajstić information content (AvgIpc) is 2.68. The lowest BCUT2D eigenvalue weighted by atomic mass is 10.2. The largest absolute Gasteiger partial charge is 0.491 e. The molecule has 0 unspecified atom stereocenters. The van der Waals surface area contributed by atoms with Crippen LogP contribution >= 0.6 is 0 Å². The summed E-state index contributed by atoms with van der Waals surface area (Å²) < 4.78 is 5.59. The third kappa shape index (κ3) is 5.50. The minimum atomic E-state index is -0.304. The first-order chi connectivity index (χ1) is 13.1. The number of benzene rings is 1. The molecule has 7 nitrogen and oxygen atoms in total. The number of ether oxygens (including phenoxy) is 1. The van der Waals surface area contributed by atoms with Gasteiger partial charge in [0.2, 0.25) is 5.95 Å². The summed E-state index contributed by atoms with van der Waals surface area (Å²) in [7, 11) is 0. The Hall–Kier alpha value is -3.48. The average molecular weight is 363 g/mol. The van der Waals surface area contributed by atoms with Crippen LogP contribution in [0.2, 0.25) is 0 Å². The molecule has 0 saturated heterocycles. The number of pyridine rings is 1. The molecule has 2 heterocycles. The number of rotatable bonds is 7. The van der Waals surface area contributed by atoms with Gasteiger partial charge in [0.1, 0.15) is 11.4 Å². The molecule has 0 fully saturated rings. The summed E-state index contributed by atoms with van der Waals surface area (Å²) in [5, 5.41) is 5.92. The van der Waals surface area contributed by atoms with E-state index in [0.717, 1.165) is 11.3 Å². The molecule has 0 aliphatic rings. The molecule has 138 valence electrons. The van der Waals surface area contributed by atoms with Gasteiger partial charge in [-0.1, -0.05) is 0 Å². The van der Waals surface area contributed by atoms with Crippen molar-refractivity contribution >= 4 is 17.5 Å². The number of carbonyl (C=O) groups excluding carboxylic acids is 1. The highest BCUT2D eigenvalue weighted by atomic mass is 16.5. The molecule has 1 aromatic carbocycles. The number of nitrogens with zero attached hydrogens (tertiary/aromatic N) is 3. The fourth-order valence-electron chi connectivity index (χ4n) is 2.34. The van der Waals surface area contributed by atoms with E-state index in [1.807, 2.05) is 38.1 Å². The maximum atomic E-state index is 12.4. The predicted octanol–water partition coefficient (Wildman–Crippen LogP) is 3.52. The lowest BCUT2D eigenvalue weighted by Gasteiger charge is -2.11. The Bertz CT molecular complexity index is 882. The van der Waals surface area contributed by atoms with Gasteiger partial charge in [-0.15, -0.1) is 0 Å². The van der Waals surface area contributed by atoms with Crippen molar-refractivity contribution in [3.8, 4) is 5.75 Å². The number of nitrogens with one attached hydrogen (secondary N) is 2. The zero-order valence-corrected chi connectivity index (χ0v) is 15.2. The molecule has 1 amide bonds. The topological polar surface area (TPSA) is 89.0 Å². The van der Waals surface area contributed by atoms with Crippen LogP contribution < -0.4 is 15.4 Å². The molecule has 0 radical (unpaired) electrons. The third-order valence-corrected chi connectivity index (χ3v) is 3.57. The second kappa shape index (κ2) is 8.75. The van der Waals surface area contributed by atoms with E-state index in [1.165, 1.54) is 0 Å². The lowest BCUT2D eigenvalue weighted by molar-refractivity contribution is 0.102. The van der Waals surface area contributed by atoms with Crippen LogP contribution in [0.1, 0.15) is 29.9 Å². The summed E-state index contributed by atoms with van der Waals surface area (Å²) in [6, 6.07) is 12.6. The van der Waals surface area contributed by atoms with Crippen molar-refractivity contribution in [1.82, 2.24) is 15.0 Å². The van der Waals surface area contributed by atoms with E-state index in [4.69, 9.17) is 4.74 Å². The molecule has 0 spiro atoms. The summed E-state index contributed by atoms with van der Waals surface area (Å²) in [5.41, 5.74) is 2.00. The Morgan fingerprint density at radius 1 is 1.04 bits per heavy atom. The van der Waals surface area contributed by atoms with Crippen molar-refractivity contribution in [2.75, 3.05) is 10.6 Å². The van der Waals surface area contributed by atoms with Crippen molar-refractivity contribution in [2.45, 2.75) is 26.5 Å². The van der Waals surface area contributed by atoms with Gasteiger partial charge in [-0.25, -0.2) is 9.97 Å². The van der Waals surface area contributed by atoms with Crippen LogP contribution in [0.4, 0.5) is 11.6 Å². The standard InChI is InChI=1S/C20H21N5O2/c1-14(2)27-17-5-3-16(4-6-17)24-19(26)18-9-12-22-20(25-18)23-13-15-7-10-21-11-8-15/h3-12,14H,13H2,1-2H3,(H,24,26)(H,22,23,25). The van der Waals surface area contributed by atoms with Gasteiger partial charge in [-0.3, -0.25) is 9.78 Å². The molecule has 2 aromatic heterocycles. The third-order valence-electron chi connectivity index (χ3n) is 3.57. The zero-order valence-electron chi connectivity index (χ0n) is 15.2. The monoisotopic (exact) mass is 363 g/mol. The molecule has 0 atom stereocenters. The van der Waals surface area contributed by atoms with Crippen LogP contribution in [0.25, 0.3) is 0 Å². The molecule has 2 N–H and O–H groups in total. The van der Waals surface area contributed by atoms with Crippen LogP contribution in [0.5, 0.6) is 5.75 Å². The van der Waals surface area contributed by atoms with E-state index in [-0.39, 0.29) is 17.7 Å². The Balaban J connectivity index is 1.61. The molecule has 0 aliphatic heterocycles. The van der Waals surface area contributed by atoms with Crippen LogP contribution in [-0.2, 0) is 6.54 Å². The smallest absolute Gasteiger partial charge is 0.274 e. The van der Waals surface area contributed by atoms with Crippen molar-refractivity contribution in [2.24, 2.45) is 0 Å². The minimum absolute atomic E-state index is 0.101. The Morgan fingerprint density at radius 3 is 2.48 bits per heavy atom. The summed E-state index contributed by atoms with van der Waals surface area (Å²) in [6.07, 6.45) is 5.10. The van der Waals surface area contributed by atoms with Crippen LogP contribution in [0, 0.1) is 0 Å². The molecule has 3 aromatic rings. The van der Waals surface area contributed by atoms with Gasteiger partial charge in [0.15, 0.2) is 0 Å². The number of amides is 1. The molecule has 0 bridgehead atoms. The van der Waals surface area contributed by atoms with E-state index in [2.05, 4.69) is 25.6 Å². The molecule has 0 saturated carbocycles. The normalized spacial score (nSPS) is 10.5. The van der Waals surface area contributed by atoms with Gasteiger partial charge in [-0.05, 0) is 61.9 Å². The van der Waals surface area contributed by atoms with Gasteiger partial charge < -0.3 is 15.4 Å². The highest BCUT2D eigenvalue weighted by Crippen LogP contribution is 2.17. The fraction of sp³-hybridized carbons (Fsp3) is 0.200. The first kappa shape index (κ1) is 18.3. The Labute approximate surface area is 157 Å². The van der Waals surface area contributed by atoms with Crippen LogP contribution in [0.15, 0.2) is 61.1 Å². The molecule has 7 heteroatoms. The van der Waals surface area contributed by atoms with E-state index in [1.54, 1.807) is 36.8 Å². The first-order valence-corrected chi connectivity index (χ1v) is 8.64. The lowest BCUT2D eigenvalue weighted by Crippen LogP contribution is -2.15. The van der Waals surface area contributed by atoms with E-state index < -0.39 is 0 Å². The number of hydrogen-bond acceptors (Lipinski definition) is 6. The second-order valence-electron chi connectivity index (χ2n) is 6.12. The van der Waals surface area contributed by atoms with Gasteiger partial charge in [0, 0.05) is 30.8 Å². The molecule has 3 rings (SSSR count). The Morgan fingerprint density at radius 2 is 1.78 bits per heavy atom. The summed E-state index contributed by atoms with van der Waals surface area (Å²) in [5.74, 6) is 0.842. The van der Waals surface area contributed by atoms with Crippen LogP contribution in [0.3, 0.4) is 0 Å². The van der Waals surface area contributed by atoms with Gasteiger partial charge in [-0.2, -0.15) is 0 Å². The minimum Gasteiger partial charge on any atom is -0.491 e. The van der Waals surface area contributed by atoms with E-state index >= 15 is 0 Å². The highest BCUT2D eigenvalue weighted by molar-refractivity contribution is 6.02. The zero-order chi connectivity index (χ0) is 19.1. The predicted molar refractivity (Wildman–Crippen MR) is 104 cm³/mol. The molecular formula is C20H21N5O2. The summed E-state index contributed by atoms with van der Waals surface area (Å²) in [6.45, 7) is 4.47. The quantitative estimate of drug-likeness (QED) is 0.668. The maximum Gasteiger partial charge on any atom is 0.274 e. The molecule has 0 aliphatic carbocycles. The van der Waals surface area contributed by atoms with Crippen LogP contribution in [-0.4, -0.2) is 27.0 Å². The number of carbonyl (C=O) groups is 1. The van der Waals surface area contributed by atoms with Crippen molar-refractivity contribution < 1.29 is 9.53 Å². The van der Waals surface area contributed by atoms with Gasteiger partial charge in [0.25, 0.3) is 5.91 Å². The van der Waals surface area contributed by atoms with Crippen molar-refractivity contribution in [3.05, 3.63) is 72.3 Å². The molecule has 27 heavy (non-hydrogen) atoms. The number of aromatic nitrogens is 3. The van der Waals surface area contributed by atoms with E-state index in [0.29, 0.717) is 18.2 Å². The number of anilines is 2.